The summed E-state index contributed by atoms with van der Waals surface area (Å²) in [7, 11) is 2.60. The van der Waals surface area contributed by atoms with Gasteiger partial charge in [0.25, 0.3) is 5.91 Å². The summed E-state index contributed by atoms with van der Waals surface area (Å²) in [6.07, 6.45) is 2.97. The molecule has 0 unspecified atom stereocenters. The molecule has 1 amide bonds. The number of hydrogen-bond donors (Lipinski definition) is 2. The molecule has 0 spiro atoms. The molecular formula is C19H17BCl2N3O3. The fourth-order valence-corrected chi connectivity index (χ4v) is 3.63. The van der Waals surface area contributed by atoms with Gasteiger partial charge in [-0.3, -0.25) is 9.79 Å². The van der Waals surface area contributed by atoms with Crippen LogP contribution in [0.15, 0.2) is 41.5 Å². The molecule has 1 aliphatic rings. The van der Waals surface area contributed by atoms with Crippen molar-refractivity contribution in [2.45, 2.75) is 6.54 Å². The molecule has 143 valence electrons. The summed E-state index contributed by atoms with van der Waals surface area (Å²) >= 11 is 12.7. The highest BCUT2D eigenvalue weighted by molar-refractivity contribution is 6.47. The van der Waals surface area contributed by atoms with Gasteiger partial charge in [-0.25, -0.2) is 0 Å². The fourth-order valence-electron chi connectivity index (χ4n) is 2.99. The lowest BCUT2D eigenvalue weighted by atomic mass is 9.86. The number of halogens is 2. The van der Waals surface area contributed by atoms with Crippen molar-refractivity contribution in [3.05, 3.63) is 63.3 Å². The van der Waals surface area contributed by atoms with Crippen molar-refractivity contribution in [1.29, 1.82) is 0 Å². The SMILES string of the molecule is CN=CC(=CN)c1cc(Cl)c(C(=O)N2COc3c([B]O)cccc3C2)c(Cl)c1. The molecule has 0 saturated carbocycles. The van der Waals surface area contributed by atoms with Gasteiger partial charge in [0.05, 0.1) is 22.2 Å². The number of aliphatic imine (C=N–C) groups is 1. The second-order valence-electron chi connectivity index (χ2n) is 6.07. The van der Waals surface area contributed by atoms with Crippen LogP contribution in [0.25, 0.3) is 5.57 Å². The van der Waals surface area contributed by atoms with E-state index in [0.29, 0.717) is 28.9 Å². The number of ether oxygens (including phenoxy) is 1. The van der Waals surface area contributed by atoms with Crippen LogP contribution in [-0.2, 0) is 6.54 Å². The zero-order valence-electron chi connectivity index (χ0n) is 15.0. The number of hydrogen-bond acceptors (Lipinski definition) is 5. The molecule has 3 N–H and O–H groups in total. The molecule has 0 bridgehead atoms. The summed E-state index contributed by atoms with van der Waals surface area (Å²) in [4.78, 5) is 18.5. The summed E-state index contributed by atoms with van der Waals surface area (Å²) in [5, 5.41) is 9.72. The molecule has 0 fully saturated rings. The molecule has 2 aromatic rings. The number of allylic oxidation sites excluding steroid dienone is 1. The first kappa shape index (κ1) is 20.3. The Balaban J connectivity index is 1.91. The Labute approximate surface area is 173 Å². The minimum atomic E-state index is -0.354. The predicted molar refractivity (Wildman–Crippen MR) is 112 cm³/mol. The summed E-state index contributed by atoms with van der Waals surface area (Å²) in [5.74, 6) is 0.200. The van der Waals surface area contributed by atoms with Crippen LogP contribution < -0.4 is 15.9 Å². The van der Waals surface area contributed by atoms with Crippen molar-refractivity contribution >= 4 is 53.8 Å². The van der Waals surface area contributed by atoms with Crippen LogP contribution in [-0.4, -0.2) is 43.3 Å². The number of amides is 1. The number of para-hydroxylation sites is 1. The van der Waals surface area contributed by atoms with Gasteiger partial charge < -0.3 is 20.4 Å². The van der Waals surface area contributed by atoms with E-state index in [1.54, 1.807) is 37.5 Å². The summed E-state index contributed by atoms with van der Waals surface area (Å²) < 4.78 is 5.68. The van der Waals surface area contributed by atoms with Gasteiger partial charge in [-0.05, 0) is 23.2 Å². The van der Waals surface area contributed by atoms with Gasteiger partial charge in [-0.2, -0.15) is 0 Å². The average Bonchev–Trinajstić information content (AvgIpc) is 2.70. The first-order valence-corrected chi connectivity index (χ1v) is 9.10. The maximum Gasteiger partial charge on any atom is 0.330 e. The van der Waals surface area contributed by atoms with E-state index >= 15 is 0 Å². The van der Waals surface area contributed by atoms with Crippen molar-refractivity contribution in [3.63, 3.8) is 0 Å². The van der Waals surface area contributed by atoms with E-state index in [-0.39, 0.29) is 28.2 Å². The van der Waals surface area contributed by atoms with Crippen LogP contribution in [0.5, 0.6) is 5.75 Å². The van der Waals surface area contributed by atoms with Crippen LogP contribution in [0, 0.1) is 0 Å². The molecular weight excluding hydrogens is 400 g/mol. The second kappa shape index (κ2) is 8.69. The van der Waals surface area contributed by atoms with Crippen LogP contribution in [0.4, 0.5) is 0 Å². The number of rotatable bonds is 4. The Morgan fingerprint density at radius 1 is 1.36 bits per heavy atom. The normalized spacial score (nSPS) is 14.0. The molecule has 1 radical (unpaired) electrons. The number of nitrogens with two attached hydrogens (primary N) is 1. The topological polar surface area (TPSA) is 88.2 Å². The Morgan fingerprint density at radius 3 is 2.68 bits per heavy atom. The van der Waals surface area contributed by atoms with E-state index in [1.807, 2.05) is 6.07 Å². The smallest absolute Gasteiger partial charge is 0.330 e. The molecule has 3 rings (SSSR count). The van der Waals surface area contributed by atoms with Gasteiger partial charge in [-0.1, -0.05) is 41.4 Å². The van der Waals surface area contributed by atoms with E-state index in [1.165, 1.54) is 11.1 Å². The van der Waals surface area contributed by atoms with Gasteiger partial charge in [0, 0.05) is 30.6 Å². The zero-order valence-corrected chi connectivity index (χ0v) is 16.5. The minimum absolute atomic E-state index is 0.0154. The largest absolute Gasteiger partial charge is 0.473 e. The number of fused-ring (bicyclic) bond motifs is 1. The lowest BCUT2D eigenvalue weighted by Gasteiger charge is -2.30. The number of carbonyl (C=O) groups excluding carboxylic acids is 1. The van der Waals surface area contributed by atoms with Crippen molar-refractivity contribution in [2.75, 3.05) is 13.8 Å². The molecule has 6 nitrogen and oxygen atoms in total. The van der Waals surface area contributed by atoms with Crippen LogP contribution in [0.1, 0.15) is 21.5 Å². The van der Waals surface area contributed by atoms with Crippen molar-refractivity contribution in [2.24, 2.45) is 10.7 Å². The third-order valence-corrected chi connectivity index (χ3v) is 4.91. The highest BCUT2D eigenvalue weighted by Crippen LogP contribution is 2.32. The van der Waals surface area contributed by atoms with Crippen LogP contribution in [0.3, 0.4) is 0 Å². The van der Waals surface area contributed by atoms with E-state index < -0.39 is 0 Å². The lowest BCUT2D eigenvalue weighted by Crippen LogP contribution is -2.39. The predicted octanol–water partition coefficient (Wildman–Crippen LogP) is 2.22. The van der Waals surface area contributed by atoms with Crippen molar-refractivity contribution < 1.29 is 14.6 Å². The molecule has 0 aliphatic carbocycles. The second-order valence-corrected chi connectivity index (χ2v) is 6.88. The quantitative estimate of drug-likeness (QED) is 0.590. The standard InChI is InChI=1S/C19H17BCl2N3O3/c1-24-8-13(7-23)12-5-15(21)17(16(22)6-12)19(26)25-9-11-3-2-4-14(20-27)18(11)28-10-25/h2-8,27H,9-10,23H2,1H3. The Morgan fingerprint density at radius 2 is 2.07 bits per heavy atom. The maximum absolute atomic E-state index is 13.0. The molecule has 0 atom stereocenters. The molecule has 28 heavy (non-hydrogen) atoms. The van der Waals surface area contributed by atoms with E-state index in [0.717, 1.165) is 13.0 Å². The van der Waals surface area contributed by atoms with Gasteiger partial charge >= 0.3 is 7.48 Å². The van der Waals surface area contributed by atoms with E-state index in [4.69, 9.17) is 33.7 Å². The number of benzene rings is 2. The van der Waals surface area contributed by atoms with Gasteiger partial charge in [0.1, 0.15) is 5.75 Å². The van der Waals surface area contributed by atoms with Crippen molar-refractivity contribution in [1.82, 2.24) is 4.90 Å². The molecule has 9 heteroatoms. The van der Waals surface area contributed by atoms with Crippen LogP contribution in [0.2, 0.25) is 10.0 Å². The molecule has 0 aromatic heterocycles. The molecule has 1 aliphatic heterocycles. The summed E-state index contributed by atoms with van der Waals surface area (Å²) in [6, 6.07) is 8.58. The molecule has 1 heterocycles. The monoisotopic (exact) mass is 416 g/mol. The minimum Gasteiger partial charge on any atom is -0.473 e. The maximum atomic E-state index is 13.0. The third-order valence-electron chi connectivity index (χ3n) is 4.32. The first-order chi connectivity index (χ1) is 13.5. The Hall–Kier alpha value is -2.48. The molecule has 2 aromatic carbocycles. The van der Waals surface area contributed by atoms with Crippen LogP contribution >= 0.6 is 23.2 Å². The van der Waals surface area contributed by atoms with Gasteiger partial charge in [0.2, 0.25) is 0 Å². The number of nitrogens with zero attached hydrogens (tertiary/aromatic N) is 2. The van der Waals surface area contributed by atoms with E-state index in [9.17, 15) is 9.82 Å². The lowest BCUT2D eigenvalue weighted by molar-refractivity contribution is 0.0517. The Kier molecular flexibility index (Phi) is 6.29. The zero-order chi connectivity index (χ0) is 20.3. The van der Waals surface area contributed by atoms with Crippen molar-refractivity contribution in [3.8, 4) is 5.75 Å². The fraction of sp³-hybridized carbons (Fsp3) is 0.158. The molecule has 0 saturated heterocycles. The summed E-state index contributed by atoms with van der Waals surface area (Å²) in [5.41, 5.74) is 8.44. The number of carbonyl (C=O) groups is 1. The first-order valence-electron chi connectivity index (χ1n) is 8.35. The third kappa shape index (κ3) is 3.87. The highest BCUT2D eigenvalue weighted by Gasteiger charge is 2.27. The average molecular weight is 417 g/mol. The Bertz CT molecular complexity index is 956. The van der Waals surface area contributed by atoms with E-state index in [2.05, 4.69) is 4.99 Å². The van der Waals surface area contributed by atoms with Gasteiger partial charge in [-0.15, -0.1) is 0 Å². The highest BCUT2D eigenvalue weighted by atomic mass is 35.5. The summed E-state index contributed by atoms with van der Waals surface area (Å²) in [6.45, 7) is 0.322. The van der Waals surface area contributed by atoms with Gasteiger partial charge in [0.15, 0.2) is 6.73 Å².